The van der Waals surface area contributed by atoms with Crippen LogP contribution in [-0.4, -0.2) is 19.2 Å². The molecule has 0 aliphatic rings. The zero-order valence-corrected chi connectivity index (χ0v) is 8.17. The Bertz CT molecular complexity index is 329. The quantitative estimate of drug-likeness (QED) is 0.755. The molecule has 0 atom stereocenters. The van der Waals surface area contributed by atoms with Crippen LogP contribution in [0.15, 0.2) is 6.07 Å². The minimum atomic E-state index is -2.60. The molecule has 0 saturated heterocycles. The number of rotatable bonds is 3. The molecule has 1 aromatic heterocycles. The predicted molar refractivity (Wildman–Crippen MR) is 47.0 cm³/mol. The average molecular weight is 203 g/mol. The first-order chi connectivity index (χ1) is 6.60. The molecule has 0 aromatic carbocycles. The lowest BCUT2D eigenvalue weighted by Gasteiger charge is -2.10. The molecule has 1 aromatic rings. The monoisotopic (exact) mass is 203 g/mol. The van der Waals surface area contributed by atoms with E-state index in [9.17, 15) is 8.78 Å². The molecule has 1 rings (SSSR count). The van der Waals surface area contributed by atoms with Crippen molar-refractivity contribution in [2.75, 3.05) is 14.2 Å². The van der Waals surface area contributed by atoms with Crippen molar-refractivity contribution >= 4 is 0 Å². The maximum atomic E-state index is 12.3. The summed E-state index contributed by atoms with van der Waals surface area (Å²) in [6.45, 7) is 1.66. The van der Waals surface area contributed by atoms with Crippen LogP contribution in [-0.2, 0) is 0 Å². The van der Waals surface area contributed by atoms with Gasteiger partial charge >= 0.3 is 0 Å². The second-order valence-electron chi connectivity index (χ2n) is 2.71. The van der Waals surface area contributed by atoms with Crippen molar-refractivity contribution in [1.82, 2.24) is 4.98 Å². The van der Waals surface area contributed by atoms with Crippen LogP contribution >= 0.6 is 0 Å². The highest BCUT2D eigenvalue weighted by molar-refractivity contribution is 5.42. The molecule has 0 bridgehead atoms. The van der Waals surface area contributed by atoms with Gasteiger partial charge in [-0.1, -0.05) is 0 Å². The molecule has 0 unspecified atom stereocenters. The van der Waals surface area contributed by atoms with Gasteiger partial charge in [-0.3, -0.25) is 0 Å². The number of hydrogen-bond acceptors (Lipinski definition) is 3. The van der Waals surface area contributed by atoms with Crippen LogP contribution in [0, 0.1) is 6.92 Å². The van der Waals surface area contributed by atoms with Gasteiger partial charge in [0.15, 0.2) is 5.75 Å². The molecule has 5 heteroatoms. The number of hydrogen-bond donors (Lipinski definition) is 0. The molecule has 0 fully saturated rings. The topological polar surface area (TPSA) is 31.4 Å². The average Bonchev–Trinajstić information content (AvgIpc) is 2.16. The summed E-state index contributed by atoms with van der Waals surface area (Å²) in [5, 5.41) is 0. The maximum absolute atomic E-state index is 12.3. The number of pyridine rings is 1. The lowest BCUT2D eigenvalue weighted by atomic mass is 10.2. The van der Waals surface area contributed by atoms with Gasteiger partial charge in [-0.15, -0.1) is 0 Å². The lowest BCUT2D eigenvalue weighted by molar-refractivity contribution is 0.144. The third kappa shape index (κ3) is 1.92. The first-order valence-corrected chi connectivity index (χ1v) is 3.97. The van der Waals surface area contributed by atoms with E-state index in [1.54, 1.807) is 6.92 Å². The summed E-state index contributed by atoms with van der Waals surface area (Å²) >= 11 is 0. The molecule has 0 aliphatic heterocycles. The van der Waals surface area contributed by atoms with E-state index in [-0.39, 0.29) is 11.6 Å². The van der Waals surface area contributed by atoms with Gasteiger partial charge in [0.25, 0.3) is 12.3 Å². The summed E-state index contributed by atoms with van der Waals surface area (Å²) in [6.07, 6.45) is -2.60. The van der Waals surface area contributed by atoms with Gasteiger partial charge in [-0.2, -0.15) is 0 Å². The summed E-state index contributed by atoms with van der Waals surface area (Å²) < 4.78 is 34.5. The molecule has 0 amide bonds. The SMILES string of the molecule is COc1nc(C(F)F)cc(C)c1OC. The molecule has 0 aliphatic carbocycles. The summed E-state index contributed by atoms with van der Waals surface area (Å²) in [5.41, 5.74) is 0.273. The van der Waals surface area contributed by atoms with Crippen molar-refractivity contribution in [2.45, 2.75) is 13.3 Å². The van der Waals surface area contributed by atoms with Gasteiger partial charge in [0.2, 0.25) is 0 Å². The second kappa shape index (κ2) is 4.21. The van der Waals surface area contributed by atoms with Crippen LogP contribution in [0.1, 0.15) is 17.7 Å². The first-order valence-electron chi connectivity index (χ1n) is 3.97. The first kappa shape index (κ1) is 10.7. The Morgan fingerprint density at radius 3 is 2.36 bits per heavy atom. The molecule has 3 nitrogen and oxygen atoms in total. The predicted octanol–water partition coefficient (Wildman–Crippen LogP) is 2.34. The summed E-state index contributed by atoms with van der Waals surface area (Å²) in [4.78, 5) is 3.63. The number of aryl methyl sites for hydroxylation is 1. The summed E-state index contributed by atoms with van der Waals surface area (Å²) in [6, 6.07) is 1.28. The molecule has 0 radical (unpaired) electrons. The molecule has 0 spiro atoms. The van der Waals surface area contributed by atoms with Crippen LogP contribution < -0.4 is 9.47 Å². The van der Waals surface area contributed by atoms with Crippen LogP contribution in [0.5, 0.6) is 11.6 Å². The van der Waals surface area contributed by atoms with E-state index in [0.29, 0.717) is 11.3 Å². The Balaban J connectivity index is 3.24. The van der Waals surface area contributed by atoms with Crippen LogP contribution in [0.4, 0.5) is 8.78 Å². The molecule has 1 heterocycles. The van der Waals surface area contributed by atoms with Gasteiger partial charge in [-0.25, -0.2) is 13.8 Å². The number of aromatic nitrogens is 1. The van der Waals surface area contributed by atoms with Crippen LogP contribution in [0.2, 0.25) is 0 Å². The van der Waals surface area contributed by atoms with Gasteiger partial charge in [0.1, 0.15) is 5.69 Å². The van der Waals surface area contributed by atoms with Crippen molar-refractivity contribution in [1.29, 1.82) is 0 Å². The fraction of sp³-hybridized carbons (Fsp3) is 0.444. The van der Waals surface area contributed by atoms with Crippen molar-refractivity contribution in [3.05, 3.63) is 17.3 Å². The maximum Gasteiger partial charge on any atom is 0.280 e. The van der Waals surface area contributed by atoms with E-state index in [4.69, 9.17) is 9.47 Å². The smallest absolute Gasteiger partial charge is 0.280 e. The number of halogens is 2. The minimum Gasteiger partial charge on any atom is -0.491 e. The van der Waals surface area contributed by atoms with Gasteiger partial charge in [0, 0.05) is 0 Å². The Labute approximate surface area is 80.7 Å². The largest absolute Gasteiger partial charge is 0.491 e. The summed E-state index contributed by atoms with van der Waals surface area (Å²) in [7, 11) is 2.80. The van der Waals surface area contributed by atoms with Gasteiger partial charge < -0.3 is 9.47 Å². The Hall–Kier alpha value is -1.39. The number of ether oxygens (including phenoxy) is 2. The number of nitrogens with zero attached hydrogens (tertiary/aromatic N) is 1. The highest BCUT2D eigenvalue weighted by Gasteiger charge is 2.16. The van der Waals surface area contributed by atoms with Gasteiger partial charge in [-0.05, 0) is 18.6 Å². The Morgan fingerprint density at radius 2 is 1.93 bits per heavy atom. The summed E-state index contributed by atoms with van der Waals surface area (Å²) in [5.74, 6) is 0.472. The van der Waals surface area contributed by atoms with Crippen LogP contribution in [0.3, 0.4) is 0 Å². The fourth-order valence-electron chi connectivity index (χ4n) is 1.15. The molecular weight excluding hydrogens is 192 g/mol. The van der Waals surface area contributed by atoms with E-state index in [1.807, 2.05) is 0 Å². The highest BCUT2D eigenvalue weighted by atomic mass is 19.3. The third-order valence-corrected chi connectivity index (χ3v) is 1.77. The van der Waals surface area contributed by atoms with E-state index in [2.05, 4.69) is 4.98 Å². The van der Waals surface area contributed by atoms with Crippen molar-refractivity contribution < 1.29 is 18.3 Å². The molecule has 78 valence electrons. The van der Waals surface area contributed by atoms with Crippen molar-refractivity contribution in [3.8, 4) is 11.6 Å². The molecule has 14 heavy (non-hydrogen) atoms. The van der Waals surface area contributed by atoms with Crippen molar-refractivity contribution in [2.24, 2.45) is 0 Å². The standard InChI is InChI=1S/C9H11F2NO2/c1-5-4-6(8(10)11)12-9(14-3)7(5)13-2/h4,8H,1-3H3. The second-order valence-corrected chi connectivity index (χ2v) is 2.71. The fourth-order valence-corrected chi connectivity index (χ4v) is 1.15. The Morgan fingerprint density at radius 1 is 1.29 bits per heavy atom. The van der Waals surface area contributed by atoms with Gasteiger partial charge in [0.05, 0.1) is 14.2 Å². The van der Waals surface area contributed by atoms with E-state index < -0.39 is 6.43 Å². The zero-order valence-electron chi connectivity index (χ0n) is 8.17. The highest BCUT2D eigenvalue weighted by Crippen LogP contribution is 2.31. The molecular formula is C9H11F2NO2. The van der Waals surface area contributed by atoms with E-state index in [0.717, 1.165) is 0 Å². The van der Waals surface area contributed by atoms with Crippen LogP contribution in [0.25, 0.3) is 0 Å². The molecule has 0 saturated carbocycles. The molecule has 0 N–H and O–H groups in total. The number of methoxy groups -OCH3 is 2. The third-order valence-electron chi connectivity index (χ3n) is 1.77. The van der Waals surface area contributed by atoms with E-state index in [1.165, 1.54) is 20.3 Å². The Kier molecular flexibility index (Phi) is 3.22. The zero-order chi connectivity index (χ0) is 10.7. The normalized spacial score (nSPS) is 10.4. The van der Waals surface area contributed by atoms with Crippen molar-refractivity contribution in [3.63, 3.8) is 0 Å². The number of alkyl halides is 2. The lowest BCUT2D eigenvalue weighted by Crippen LogP contribution is -2.00. The van der Waals surface area contributed by atoms with E-state index >= 15 is 0 Å². The minimum absolute atomic E-state index is 0.0859.